The SMILES string of the molecule is OC1CC(CNC2CCc3cc(Br)ccc3C2)C1. The second-order valence-electron chi connectivity index (χ2n) is 5.75. The summed E-state index contributed by atoms with van der Waals surface area (Å²) in [5.74, 6) is 0.700. The van der Waals surface area contributed by atoms with Gasteiger partial charge in [-0.05, 0) is 67.8 Å². The zero-order valence-electron chi connectivity index (χ0n) is 10.5. The van der Waals surface area contributed by atoms with Crippen molar-refractivity contribution >= 4 is 15.9 Å². The molecule has 3 heteroatoms. The molecule has 1 saturated carbocycles. The van der Waals surface area contributed by atoms with Crippen LogP contribution in [-0.2, 0) is 12.8 Å². The first kappa shape index (κ1) is 12.6. The minimum atomic E-state index is -0.0266. The van der Waals surface area contributed by atoms with E-state index in [1.165, 1.54) is 28.4 Å². The third-order valence-corrected chi connectivity index (χ3v) is 4.80. The number of hydrogen-bond acceptors (Lipinski definition) is 2. The Balaban J connectivity index is 1.53. The van der Waals surface area contributed by atoms with Crippen LogP contribution in [0.1, 0.15) is 30.4 Å². The van der Waals surface area contributed by atoms with E-state index >= 15 is 0 Å². The molecule has 18 heavy (non-hydrogen) atoms. The number of fused-ring (bicyclic) bond motifs is 1. The number of aliphatic hydroxyl groups is 1. The normalized spacial score (nSPS) is 30.7. The molecule has 2 aliphatic rings. The lowest BCUT2D eigenvalue weighted by Crippen LogP contribution is -2.42. The molecule has 98 valence electrons. The van der Waals surface area contributed by atoms with E-state index in [0.29, 0.717) is 12.0 Å². The fourth-order valence-corrected chi connectivity index (χ4v) is 3.51. The van der Waals surface area contributed by atoms with Crippen molar-refractivity contribution in [1.29, 1.82) is 0 Å². The molecule has 0 radical (unpaired) electrons. The topological polar surface area (TPSA) is 32.3 Å². The summed E-state index contributed by atoms with van der Waals surface area (Å²) in [6.45, 7) is 1.08. The predicted octanol–water partition coefficient (Wildman–Crippen LogP) is 2.67. The van der Waals surface area contributed by atoms with Gasteiger partial charge in [0.05, 0.1) is 6.10 Å². The van der Waals surface area contributed by atoms with Gasteiger partial charge in [-0.15, -0.1) is 0 Å². The van der Waals surface area contributed by atoms with Crippen LogP contribution >= 0.6 is 15.9 Å². The lowest BCUT2D eigenvalue weighted by molar-refractivity contribution is 0.0416. The van der Waals surface area contributed by atoms with Gasteiger partial charge >= 0.3 is 0 Å². The van der Waals surface area contributed by atoms with Gasteiger partial charge in [0.1, 0.15) is 0 Å². The summed E-state index contributed by atoms with van der Waals surface area (Å²) in [6, 6.07) is 7.27. The van der Waals surface area contributed by atoms with Crippen LogP contribution in [0.2, 0.25) is 0 Å². The van der Waals surface area contributed by atoms with E-state index in [1.807, 2.05) is 0 Å². The predicted molar refractivity (Wildman–Crippen MR) is 76.7 cm³/mol. The van der Waals surface area contributed by atoms with E-state index in [9.17, 15) is 5.11 Å². The van der Waals surface area contributed by atoms with Gasteiger partial charge in [0.15, 0.2) is 0 Å². The third-order valence-electron chi connectivity index (χ3n) is 4.30. The molecule has 1 aromatic carbocycles. The molecule has 1 atom stereocenters. The van der Waals surface area contributed by atoms with Crippen molar-refractivity contribution in [3.8, 4) is 0 Å². The van der Waals surface area contributed by atoms with E-state index < -0.39 is 0 Å². The molecule has 1 unspecified atom stereocenters. The van der Waals surface area contributed by atoms with Crippen molar-refractivity contribution in [1.82, 2.24) is 5.32 Å². The Bertz CT molecular complexity index is 429. The number of nitrogens with one attached hydrogen (secondary N) is 1. The molecule has 3 rings (SSSR count). The Morgan fingerprint density at radius 3 is 2.89 bits per heavy atom. The highest BCUT2D eigenvalue weighted by Gasteiger charge is 2.28. The number of aliphatic hydroxyl groups excluding tert-OH is 1. The van der Waals surface area contributed by atoms with Crippen LogP contribution in [-0.4, -0.2) is 23.8 Å². The summed E-state index contributed by atoms with van der Waals surface area (Å²) < 4.78 is 1.19. The average molecular weight is 310 g/mol. The van der Waals surface area contributed by atoms with Crippen molar-refractivity contribution in [3.05, 3.63) is 33.8 Å². The van der Waals surface area contributed by atoms with E-state index in [-0.39, 0.29) is 6.10 Å². The van der Waals surface area contributed by atoms with Crippen molar-refractivity contribution in [2.24, 2.45) is 5.92 Å². The van der Waals surface area contributed by atoms with Crippen LogP contribution < -0.4 is 5.32 Å². The maximum absolute atomic E-state index is 9.28. The Kier molecular flexibility index (Phi) is 3.73. The average Bonchev–Trinajstić information content (AvgIpc) is 2.33. The van der Waals surface area contributed by atoms with Crippen LogP contribution in [0.25, 0.3) is 0 Å². The van der Waals surface area contributed by atoms with Crippen LogP contribution in [0, 0.1) is 5.92 Å². The van der Waals surface area contributed by atoms with Crippen LogP contribution in [0.3, 0.4) is 0 Å². The van der Waals surface area contributed by atoms with Crippen molar-refractivity contribution in [3.63, 3.8) is 0 Å². The molecule has 1 fully saturated rings. The Hall–Kier alpha value is -0.380. The van der Waals surface area contributed by atoms with Gasteiger partial charge in [-0.25, -0.2) is 0 Å². The van der Waals surface area contributed by atoms with Gasteiger partial charge < -0.3 is 10.4 Å². The molecule has 1 aromatic rings. The summed E-state index contributed by atoms with van der Waals surface area (Å²) in [7, 11) is 0. The molecule has 2 nitrogen and oxygen atoms in total. The minimum absolute atomic E-state index is 0.0266. The smallest absolute Gasteiger partial charge is 0.0546 e. The molecule has 0 aromatic heterocycles. The van der Waals surface area contributed by atoms with Crippen LogP contribution in [0.4, 0.5) is 0 Å². The third kappa shape index (κ3) is 2.79. The second kappa shape index (κ2) is 5.32. The van der Waals surface area contributed by atoms with E-state index in [4.69, 9.17) is 0 Å². The summed E-state index contributed by atoms with van der Waals surface area (Å²) in [4.78, 5) is 0. The highest BCUT2D eigenvalue weighted by Crippen LogP contribution is 2.28. The summed E-state index contributed by atoms with van der Waals surface area (Å²) in [5.41, 5.74) is 3.00. The minimum Gasteiger partial charge on any atom is -0.393 e. The quantitative estimate of drug-likeness (QED) is 0.900. The molecule has 0 spiro atoms. The van der Waals surface area contributed by atoms with Crippen LogP contribution in [0.5, 0.6) is 0 Å². The molecule has 0 heterocycles. The second-order valence-corrected chi connectivity index (χ2v) is 6.67. The van der Waals surface area contributed by atoms with E-state index in [1.54, 1.807) is 0 Å². The molecule has 0 amide bonds. The number of halogens is 1. The molecule has 0 bridgehead atoms. The number of aryl methyl sites for hydroxylation is 1. The Labute approximate surface area is 117 Å². The van der Waals surface area contributed by atoms with Crippen LogP contribution in [0.15, 0.2) is 22.7 Å². The largest absolute Gasteiger partial charge is 0.393 e. The Morgan fingerprint density at radius 2 is 2.11 bits per heavy atom. The van der Waals surface area contributed by atoms with Gasteiger partial charge in [0.2, 0.25) is 0 Å². The highest BCUT2D eigenvalue weighted by molar-refractivity contribution is 9.10. The first-order valence-electron chi connectivity index (χ1n) is 6.89. The summed E-state index contributed by atoms with van der Waals surface area (Å²) in [6.07, 6.45) is 5.52. The molecular formula is C15H20BrNO. The number of benzene rings is 1. The fraction of sp³-hybridized carbons (Fsp3) is 0.600. The van der Waals surface area contributed by atoms with Gasteiger partial charge in [0.25, 0.3) is 0 Å². The van der Waals surface area contributed by atoms with E-state index in [2.05, 4.69) is 39.4 Å². The molecule has 0 aliphatic heterocycles. The summed E-state index contributed by atoms with van der Waals surface area (Å²) in [5, 5.41) is 13.0. The molecule has 0 saturated heterocycles. The van der Waals surface area contributed by atoms with Crippen molar-refractivity contribution < 1.29 is 5.11 Å². The lowest BCUT2D eigenvalue weighted by Gasteiger charge is -2.34. The highest BCUT2D eigenvalue weighted by atomic mass is 79.9. The van der Waals surface area contributed by atoms with Gasteiger partial charge in [0, 0.05) is 10.5 Å². The van der Waals surface area contributed by atoms with E-state index in [0.717, 1.165) is 25.8 Å². The maximum atomic E-state index is 9.28. The Morgan fingerprint density at radius 1 is 1.28 bits per heavy atom. The number of hydrogen-bond donors (Lipinski definition) is 2. The monoisotopic (exact) mass is 309 g/mol. The first-order valence-corrected chi connectivity index (χ1v) is 7.69. The standard InChI is InChI=1S/C15H20BrNO/c16-13-3-1-12-8-14(4-2-11(12)7-13)17-9-10-5-15(18)6-10/h1,3,7,10,14-15,17-18H,2,4-6,8-9H2. The van der Waals surface area contributed by atoms with Gasteiger partial charge in [-0.1, -0.05) is 22.0 Å². The molecule has 2 aliphatic carbocycles. The van der Waals surface area contributed by atoms with Crippen molar-refractivity contribution in [2.45, 2.75) is 44.2 Å². The van der Waals surface area contributed by atoms with Gasteiger partial charge in [-0.2, -0.15) is 0 Å². The molecular weight excluding hydrogens is 290 g/mol. The lowest BCUT2D eigenvalue weighted by atomic mass is 9.81. The zero-order valence-corrected chi connectivity index (χ0v) is 12.1. The van der Waals surface area contributed by atoms with Crippen molar-refractivity contribution in [2.75, 3.05) is 6.54 Å². The molecule has 2 N–H and O–H groups in total. The zero-order chi connectivity index (χ0) is 12.5. The first-order chi connectivity index (χ1) is 8.70. The fourth-order valence-electron chi connectivity index (χ4n) is 3.10. The number of rotatable bonds is 3. The maximum Gasteiger partial charge on any atom is 0.0546 e. The summed E-state index contributed by atoms with van der Waals surface area (Å²) >= 11 is 3.54. The van der Waals surface area contributed by atoms with Gasteiger partial charge in [-0.3, -0.25) is 0 Å².